The Bertz CT molecular complexity index is 1350. The van der Waals surface area contributed by atoms with Gasteiger partial charge in [0.15, 0.2) is 12.1 Å². The van der Waals surface area contributed by atoms with Gasteiger partial charge in [-0.25, -0.2) is 9.89 Å². The summed E-state index contributed by atoms with van der Waals surface area (Å²) in [4.78, 5) is 13.8. The average Bonchev–Trinajstić information content (AvgIpc) is 3.55. The van der Waals surface area contributed by atoms with Gasteiger partial charge in [-0.1, -0.05) is 75.7 Å². The summed E-state index contributed by atoms with van der Waals surface area (Å²) in [6.45, 7) is 7.65. The molecule has 0 aliphatic heterocycles. The van der Waals surface area contributed by atoms with Crippen molar-refractivity contribution in [2.45, 2.75) is 65.8 Å². The van der Waals surface area contributed by atoms with Gasteiger partial charge in [0.05, 0.1) is 12.2 Å². The second-order valence-electron chi connectivity index (χ2n) is 9.93. The van der Waals surface area contributed by atoms with Gasteiger partial charge in [-0.15, -0.1) is 5.10 Å². The van der Waals surface area contributed by atoms with Gasteiger partial charge >= 0.3 is 5.69 Å². The SMILES string of the molecule is CCCCn1c(C(OC)OC)c(CCC(C)C)n(Cc2ccc(-c3ccccc3-c3nnn[nH]3)cc2)c1=O. The molecule has 0 amide bonds. The smallest absolute Gasteiger partial charge is 0.329 e. The highest BCUT2D eigenvalue weighted by Gasteiger charge is 2.26. The number of aromatic nitrogens is 6. The summed E-state index contributed by atoms with van der Waals surface area (Å²) in [5.41, 5.74) is 5.86. The number of benzene rings is 2. The fourth-order valence-electron chi connectivity index (χ4n) is 4.81. The van der Waals surface area contributed by atoms with E-state index >= 15 is 0 Å². The number of nitrogens with zero attached hydrogens (tertiary/aromatic N) is 5. The number of imidazole rings is 1. The third-order valence-electron chi connectivity index (χ3n) is 6.85. The van der Waals surface area contributed by atoms with E-state index in [9.17, 15) is 4.79 Å². The first-order chi connectivity index (χ1) is 18.5. The number of unbranched alkanes of at least 4 members (excludes halogenated alkanes) is 1. The quantitative estimate of drug-likeness (QED) is 0.244. The first-order valence-corrected chi connectivity index (χ1v) is 13.3. The Labute approximate surface area is 223 Å². The number of hydrogen-bond donors (Lipinski definition) is 1. The standard InChI is InChI=1S/C29H38N6O3/c1-6-7-18-34-26(28(37-4)38-5)25(17-12-20(2)3)35(29(34)36)19-21-13-15-22(16-14-21)23-10-8-9-11-24(23)27-30-32-33-31-27/h8-11,13-16,20,28H,6-7,12,17-19H2,1-5H3,(H,30,31,32,33). The lowest BCUT2D eigenvalue weighted by atomic mass is 9.98. The minimum Gasteiger partial charge on any atom is -0.350 e. The van der Waals surface area contributed by atoms with Gasteiger partial charge in [-0.2, -0.15) is 0 Å². The highest BCUT2D eigenvalue weighted by atomic mass is 16.7. The van der Waals surface area contributed by atoms with Crippen LogP contribution in [0.5, 0.6) is 0 Å². The molecular weight excluding hydrogens is 480 g/mol. The minimum atomic E-state index is -0.590. The summed E-state index contributed by atoms with van der Waals surface area (Å²) in [5, 5.41) is 14.4. The van der Waals surface area contributed by atoms with Gasteiger partial charge < -0.3 is 9.47 Å². The molecule has 0 radical (unpaired) electrons. The second kappa shape index (κ2) is 12.8. The van der Waals surface area contributed by atoms with Crippen LogP contribution in [0.2, 0.25) is 0 Å². The number of nitrogens with one attached hydrogen (secondary N) is 1. The van der Waals surface area contributed by atoms with Crippen LogP contribution in [0.4, 0.5) is 0 Å². The molecule has 0 fully saturated rings. The zero-order chi connectivity index (χ0) is 27.1. The molecule has 2 aromatic carbocycles. The molecule has 38 heavy (non-hydrogen) atoms. The zero-order valence-corrected chi connectivity index (χ0v) is 23.0. The molecule has 202 valence electrons. The summed E-state index contributed by atoms with van der Waals surface area (Å²) in [7, 11) is 3.25. The van der Waals surface area contributed by atoms with Crippen LogP contribution in [-0.2, 0) is 29.0 Å². The number of methoxy groups -OCH3 is 2. The molecule has 9 heteroatoms. The Hall–Kier alpha value is -3.56. The first-order valence-electron chi connectivity index (χ1n) is 13.3. The van der Waals surface area contributed by atoms with E-state index in [0.717, 1.165) is 59.3 Å². The maximum absolute atomic E-state index is 13.8. The van der Waals surface area contributed by atoms with Gasteiger partial charge in [0.1, 0.15) is 0 Å². The van der Waals surface area contributed by atoms with Crippen molar-refractivity contribution < 1.29 is 9.47 Å². The average molecular weight is 519 g/mol. The minimum absolute atomic E-state index is 0.0152. The van der Waals surface area contributed by atoms with Crippen LogP contribution in [0, 0.1) is 5.92 Å². The molecule has 0 saturated carbocycles. The maximum Gasteiger partial charge on any atom is 0.329 e. The Balaban J connectivity index is 1.72. The highest BCUT2D eigenvalue weighted by Crippen LogP contribution is 2.30. The molecule has 2 aromatic heterocycles. The molecule has 0 saturated heterocycles. The van der Waals surface area contributed by atoms with Crippen molar-refractivity contribution in [1.82, 2.24) is 29.8 Å². The molecule has 4 rings (SSSR count). The van der Waals surface area contributed by atoms with Crippen LogP contribution in [-0.4, -0.2) is 44.0 Å². The Morgan fingerprint density at radius 2 is 1.68 bits per heavy atom. The van der Waals surface area contributed by atoms with Crippen molar-refractivity contribution in [3.05, 3.63) is 76.0 Å². The van der Waals surface area contributed by atoms with Gasteiger partial charge in [-0.05, 0) is 52.3 Å². The summed E-state index contributed by atoms with van der Waals surface area (Å²) < 4.78 is 15.1. The van der Waals surface area contributed by atoms with Crippen molar-refractivity contribution in [3.63, 3.8) is 0 Å². The first kappa shape index (κ1) is 27.5. The second-order valence-corrected chi connectivity index (χ2v) is 9.93. The van der Waals surface area contributed by atoms with Crippen LogP contribution in [0.15, 0.2) is 53.3 Å². The Morgan fingerprint density at radius 1 is 0.974 bits per heavy atom. The number of hydrogen-bond acceptors (Lipinski definition) is 6. The molecule has 1 N–H and O–H groups in total. The van der Waals surface area contributed by atoms with Crippen molar-refractivity contribution in [1.29, 1.82) is 0 Å². The van der Waals surface area contributed by atoms with Crippen molar-refractivity contribution in [2.24, 2.45) is 5.92 Å². The molecule has 0 atom stereocenters. The number of ether oxygens (including phenoxy) is 2. The molecule has 0 bridgehead atoms. The van der Waals surface area contributed by atoms with Gasteiger partial charge in [0.2, 0.25) is 0 Å². The predicted molar refractivity (Wildman–Crippen MR) is 148 cm³/mol. The van der Waals surface area contributed by atoms with Gasteiger partial charge in [0.25, 0.3) is 0 Å². The van der Waals surface area contributed by atoms with Crippen molar-refractivity contribution in [2.75, 3.05) is 14.2 Å². The van der Waals surface area contributed by atoms with Crippen LogP contribution in [0.25, 0.3) is 22.5 Å². The summed E-state index contributed by atoms with van der Waals surface area (Å²) >= 11 is 0. The Morgan fingerprint density at radius 3 is 2.29 bits per heavy atom. The van der Waals surface area contributed by atoms with E-state index in [1.165, 1.54) is 0 Å². The number of tetrazole rings is 1. The van der Waals surface area contributed by atoms with E-state index in [0.29, 0.717) is 24.8 Å². The van der Waals surface area contributed by atoms with E-state index in [1.54, 1.807) is 14.2 Å². The molecule has 0 aliphatic rings. The van der Waals surface area contributed by atoms with Crippen LogP contribution in [0.1, 0.15) is 63.3 Å². The van der Waals surface area contributed by atoms with E-state index in [2.05, 4.69) is 71.7 Å². The lowest BCUT2D eigenvalue weighted by Crippen LogP contribution is -2.26. The fourth-order valence-corrected chi connectivity index (χ4v) is 4.81. The molecule has 0 aliphatic carbocycles. The lowest BCUT2D eigenvalue weighted by Gasteiger charge is -2.18. The molecular formula is C29H38N6O3. The van der Waals surface area contributed by atoms with E-state index in [1.807, 2.05) is 27.3 Å². The van der Waals surface area contributed by atoms with Crippen molar-refractivity contribution in [3.8, 4) is 22.5 Å². The number of aromatic amines is 1. The number of H-pyrrole nitrogens is 1. The van der Waals surface area contributed by atoms with Crippen LogP contribution < -0.4 is 5.69 Å². The predicted octanol–water partition coefficient (Wildman–Crippen LogP) is 5.23. The third kappa shape index (κ3) is 5.95. The van der Waals surface area contributed by atoms with Crippen molar-refractivity contribution >= 4 is 0 Å². The largest absolute Gasteiger partial charge is 0.350 e. The summed E-state index contributed by atoms with van der Waals surface area (Å²) in [6, 6.07) is 16.3. The van der Waals surface area contributed by atoms with E-state index in [-0.39, 0.29) is 5.69 Å². The van der Waals surface area contributed by atoms with E-state index in [4.69, 9.17) is 9.47 Å². The summed E-state index contributed by atoms with van der Waals surface area (Å²) in [6.07, 6.45) is 3.07. The van der Waals surface area contributed by atoms with E-state index < -0.39 is 6.29 Å². The topological polar surface area (TPSA) is 99.8 Å². The lowest BCUT2D eigenvalue weighted by molar-refractivity contribution is -0.111. The molecule has 4 aromatic rings. The highest BCUT2D eigenvalue weighted by molar-refractivity contribution is 5.80. The van der Waals surface area contributed by atoms with Crippen LogP contribution in [0.3, 0.4) is 0 Å². The van der Waals surface area contributed by atoms with Gasteiger partial charge in [0, 0.05) is 32.0 Å². The zero-order valence-electron chi connectivity index (χ0n) is 23.0. The van der Waals surface area contributed by atoms with Gasteiger partial charge in [-0.3, -0.25) is 9.13 Å². The number of rotatable bonds is 13. The third-order valence-corrected chi connectivity index (χ3v) is 6.85. The normalized spacial score (nSPS) is 11.7. The Kier molecular flexibility index (Phi) is 9.25. The maximum atomic E-state index is 13.8. The molecule has 2 heterocycles. The monoisotopic (exact) mass is 518 g/mol. The fraction of sp³-hybridized carbons (Fsp3) is 0.448. The molecule has 9 nitrogen and oxygen atoms in total. The molecule has 0 unspecified atom stereocenters. The summed E-state index contributed by atoms with van der Waals surface area (Å²) in [5.74, 6) is 1.13. The molecule has 0 spiro atoms. The van der Waals surface area contributed by atoms with Crippen LogP contribution >= 0.6 is 0 Å².